The lowest BCUT2D eigenvalue weighted by molar-refractivity contribution is 0.472. The molecule has 0 aromatic heterocycles. The van der Waals surface area contributed by atoms with Gasteiger partial charge in [-0.05, 0) is 12.1 Å². The standard InChI is InChI=1S/C9H7Cl2FO/c10-3-1-2-6-4-7(12)5-8(11)9(6)13/h1-2,4-5,13H,3H2. The molecule has 0 spiro atoms. The van der Waals surface area contributed by atoms with Crippen LogP contribution in [0.15, 0.2) is 18.2 Å². The fraction of sp³-hybridized carbons (Fsp3) is 0.111. The topological polar surface area (TPSA) is 20.2 Å². The van der Waals surface area contributed by atoms with Gasteiger partial charge < -0.3 is 5.11 Å². The first-order valence-corrected chi connectivity index (χ1v) is 4.47. The van der Waals surface area contributed by atoms with Crippen molar-refractivity contribution in [2.45, 2.75) is 0 Å². The Morgan fingerprint density at radius 3 is 2.77 bits per heavy atom. The molecule has 0 aliphatic rings. The molecule has 0 radical (unpaired) electrons. The van der Waals surface area contributed by atoms with Gasteiger partial charge >= 0.3 is 0 Å². The molecule has 0 atom stereocenters. The fourth-order valence-electron chi connectivity index (χ4n) is 0.884. The Bertz CT molecular complexity index is 337. The minimum absolute atomic E-state index is 0.00535. The van der Waals surface area contributed by atoms with Gasteiger partial charge in [-0.3, -0.25) is 0 Å². The second-order valence-corrected chi connectivity index (χ2v) is 3.10. The molecule has 1 aromatic carbocycles. The highest BCUT2D eigenvalue weighted by Crippen LogP contribution is 2.29. The van der Waals surface area contributed by atoms with Crippen LogP contribution in [0.5, 0.6) is 5.75 Å². The molecule has 0 fully saturated rings. The summed E-state index contributed by atoms with van der Waals surface area (Å²) >= 11 is 10.9. The van der Waals surface area contributed by atoms with E-state index in [9.17, 15) is 9.50 Å². The predicted octanol–water partition coefficient (Wildman–Crippen LogP) is 3.44. The van der Waals surface area contributed by atoms with Gasteiger partial charge in [0.2, 0.25) is 0 Å². The highest BCUT2D eigenvalue weighted by atomic mass is 35.5. The molecule has 0 amide bonds. The van der Waals surface area contributed by atoms with Crippen LogP contribution in [0.25, 0.3) is 6.08 Å². The van der Waals surface area contributed by atoms with E-state index in [1.165, 1.54) is 12.1 Å². The molecular weight excluding hydrogens is 214 g/mol. The van der Waals surface area contributed by atoms with Crippen LogP contribution in [0, 0.1) is 5.82 Å². The number of rotatable bonds is 2. The Balaban J connectivity index is 3.12. The summed E-state index contributed by atoms with van der Waals surface area (Å²) in [5, 5.41) is 9.35. The Morgan fingerprint density at radius 2 is 2.15 bits per heavy atom. The zero-order valence-electron chi connectivity index (χ0n) is 6.60. The van der Waals surface area contributed by atoms with Crippen LogP contribution in [0.2, 0.25) is 5.02 Å². The molecule has 0 saturated carbocycles. The highest BCUT2D eigenvalue weighted by molar-refractivity contribution is 6.32. The Labute approximate surface area is 85.4 Å². The van der Waals surface area contributed by atoms with E-state index in [4.69, 9.17) is 23.2 Å². The Hall–Kier alpha value is -0.730. The van der Waals surface area contributed by atoms with Crippen LogP contribution in [0.1, 0.15) is 5.56 Å². The Kier molecular flexibility index (Phi) is 3.58. The summed E-state index contributed by atoms with van der Waals surface area (Å²) in [5.41, 5.74) is 0.325. The predicted molar refractivity (Wildman–Crippen MR) is 52.8 cm³/mol. The van der Waals surface area contributed by atoms with Gasteiger partial charge in [-0.25, -0.2) is 4.39 Å². The monoisotopic (exact) mass is 220 g/mol. The molecule has 0 saturated heterocycles. The molecule has 1 N–H and O–H groups in total. The van der Waals surface area contributed by atoms with Crippen LogP contribution in [-0.2, 0) is 0 Å². The van der Waals surface area contributed by atoms with Crippen LogP contribution in [0.4, 0.5) is 4.39 Å². The van der Waals surface area contributed by atoms with E-state index in [0.29, 0.717) is 11.4 Å². The summed E-state index contributed by atoms with van der Waals surface area (Å²) in [7, 11) is 0. The number of phenols is 1. The number of aromatic hydroxyl groups is 1. The van der Waals surface area contributed by atoms with Crippen molar-refractivity contribution in [2.24, 2.45) is 0 Å². The number of hydrogen-bond acceptors (Lipinski definition) is 1. The molecule has 70 valence electrons. The van der Waals surface area contributed by atoms with E-state index in [1.54, 1.807) is 6.08 Å². The van der Waals surface area contributed by atoms with Crippen LogP contribution in [0.3, 0.4) is 0 Å². The van der Waals surface area contributed by atoms with Crippen molar-refractivity contribution in [3.05, 3.63) is 34.6 Å². The molecule has 0 heterocycles. The summed E-state index contributed by atoms with van der Waals surface area (Å²) in [6.07, 6.45) is 3.10. The van der Waals surface area contributed by atoms with Crippen molar-refractivity contribution in [1.29, 1.82) is 0 Å². The summed E-state index contributed by atoms with van der Waals surface area (Å²) in [4.78, 5) is 0. The molecule has 1 aromatic rings. The maximum Gasteiger partial charge on any atom is 0.141 e. The van der Waals surface area contributed by atoms with Gasteiger partial charge in [0, 0.05) is 11.4 Å². The van der Waals surface area contributed by atoms with Gasteiger partial charge in [0.05, 0.1) is 5.02 Å². The van der Waals surface area contributed by atoms with Crippen LogP contribution < -0.4 is 0 Å². The zero-order valence-corrected chi connectivity index (χ0v) is 8.11. The first-order valence-electron chi connectivity index (χ1n) is 3.55. The fourth-order valence-corrected chi connectivity index (χ4v) is 1.19. The van der Waals surface area contributed by atoms with Crippen molar-refractivity contribution >= 4 is 29.3 Å². The van der Waals surface area contributed by atoms with Gasteiger partial charge in [-0.1, -0.05) is 23.8 Å². The minimum Gasteiger partial charge on any atom is -0.506 e. The third kappa shape index (κ3) is 2.61. The largest absolute Gasteiger partial charge is 0.506 e. The van der Waals surface area contributed by atoms with Crippen molar-refractivity contribution in [1.82, 2.24) is 0 Å². The molecule has 0 aliphatic carbocycles. The zero-order chi connectivity index (χ0) is 9.84. The maximum atomic E-state index is 12.8. The second kappa shape index (κ2) is 4.49. The lowest BCUT2D eigenvalue weighted by Crippen LogP contribution is -1.81. The summed E-state index contributed by atoms with van der Waals surface area (Å²) < 4.78 is 12.8. The van der Waals surface area contributed by atoms with E-state index in [1.807, 2.05) is 0 Å². The summed E-state index contributed by atoms with van der Waals surface area (Å²) in [6.45, 7) is 0. The molecule has 1 nitrogen and oxygen atoms in total. The number of allylic oxidation sites excluding steroid dienone is 1. The molecular formula is C9H7Cl2FO. The maximum absolute atomic E-state index is 12.8. The van der Waals surface area contributed by atoms with E-state index in [-0.39, 0.29) is 10.8 Å². The first-order chi connectivity index (χ1) is 6.15. The summed E-state index contributed by atoms with van der Waals surface area (Å²) in [5.74, 6) is -0.324. The lowest BCUT2D eigenvalue weighted by Gasteiger charge is -2.01. The van der Waals surface area contributed by atoms with Crippen molar-refractivity contribution < 1.29 is 9.50 Å². The number of alkyl halides is 1. The van der Waals surface area contributed by atoms with Crippen molar-refractivity contribution in [3.8, 4) is 5.75 Å². The third-order valence-corrected chi connectivity index (χ3v) is 1.91. The van der Waals surface area contributed by atoms with Crippen LogP contribution >= 0.6 is 23.2 Å². The van der Waals surface area contributed by atoms with Gasteiger partial charge in [-0.2, -0.15) is 0 Å². The average molecular weight is 221 g/mol. The summed E-state index contributed by atoms with van der Waals surface area (Å²) in [6, 6.07) is 2.24. The number of halogens is 3. The Morgan fingerprint density at radius 1 is 1.46 bits per heavy atom. The van der Waals surface area contributed by atoms with E-state index >= 15 is 0 Å². The smallest absolute Gasteiger partial charge is 0.141 e. The number of hydrogen-bond donors (Lipinski definition) is 1. The first kappa shape index (κ1) is 10.4. The van der Waals surface area contributed by atoms with E-state index in [0.717, 1.165) is 6.07 Å². The molecule has 13 heavy (non-hydrogen) atoms. The number of benzene rings is 1. The molecule has 0 aliphatic heterocycles. The molecule has 0 unspecified atom stereocenters. The van der Waals surface area contributed by atoms with Crippen LogP contribution in [-0.4, -0.2) is 11.0 Å². The van der Waals surface area contributed by atoms with Gasteiger partial charge in [0.1, 0.15) is 11.6 Å². The van der Waals surface area contributed by atoms with Crippen molar-refractivity contribution in [3.63, 3.8) is 0 Å². The second-order valence-electron chi connectivity index (χ2n) is 2.38. The quantitative estimate of drug-likeness (QED) is 0.758. The average Bonchev–Trinajstić information content (AvgIpc) is 2.09. The highest BCUT2D eigenvalue weighted by Gasteiger charge is 2.05. The lowest BCUT2D eigenvalue weighted by atomic mass is 10.2. The number of phenolic OH excluding ortho intramolecular Hbond substituents is 1. The third-order valence-electron chi connectivity index (χ3n) is 1.44. The van der Waals surface area contributed by atoms with Gasteiger partial charge in [0.25, 0.3) is 0 Å². The normalized spacial score (nSPS) is 11.0. The molecule has 4 heteroatoms. The van der Waals surface area contributed by atoms with Gasteiger partial charge in [-0.15, -0.1) is 11.6 Å². The van der Waals surface area contributed by atoms with E-state index in [2.05, 4.69) is 0 Å². The minimum atomic E-state index is -0.489. The van der Waals surface area contributed by atoms with Gasteiger partial charge in [0.15, 0.2) is 0 Å². The molecule has 0 bridgehead atoms. The molecule has 1 rings (SSSR count). The van der Waals surface area contributed by atoms with E-state index < -0.39 is 5.82 Å². The van der Waals surface area contributed by atoms with Crippen molar-refractivity contribution in [2.75, 3.05) is 5.88 Å². The SMILES string of the molecule is Oc1c(Cl)cc(F)cc1C=CCCl.